The van der Waals surface area contributed by atoms with E-state index in [0.29, 0.717) is 5.69 Å². The normalized spacial score (nSPS) is 10.2. The van der Waals surface area contributed by atoms with Crippen molar-refractivity contribution in [1.82, 2.24) is 4.98 Å². The predicted octanol–water partition coefficient (Wildman–Crippen LogP) is 2.39. The number of nitrogens with two attached hydrogens (primary N) is 1. The Balaban J connectivity index is 2.19. The number of nitrogen functional groups attached to an aromatic ring is 1. The fraction of sp³-hybridized carbons (Fsp3) is 0.200. The highest BCUT2D eigenvalue weighted by atomic mass is 15.1. The number of para-hydroxylation sites is 1. The summed E-state index contributed by atoms with van der Waals surface area (Å²) in [5, 5.41) is 7.43. The van der Waals surface area contributed by atoms with Crippen molar-refractivity contribution in [3.63, 3.8) is 0 Å². The molecule has 0 unspecified atom stereocenters. The third kappa shape index (κ3) is 3.31. The second kappa shape index (κ2) is 6.00. The summed E-state index contributed by atoms with van der Waals surface area (Å²) in [5.74, 6) is 0.00427. The standard InChI is InChI=1S/C15H18N4/c1-2-19(13-6-4-3-5-7-13)11-12-8-9-18-14(10-12)15(16)17/h3-10H,2,11H2,1H3,(H3,16,17). The van der Waals surface area contributed by atoms with Gasteiger partial charge in [0.1, 0.15) is 11.5 Å². The highest BCUT2D eigenvalue weighted by molar-refractivity contribution is 5.93. The fourth-order valence-corrected chi connectivity index (χ4v) is 1.96. The maximum absolute atomic E-state index is 7.43. The molecule has 1 aromatic carbocycles. The molecule has 19 heavy (non-hydrogen) atoms. The minimum absolute atomic E-state index is 0.00427. The number of nitrogens with one attached hydrogen (secondary N) is 1. The maximum Gasteiger partial charge on any atom is 0.141 e. The first-order valence-corrected chi connectivity index (χ1v) is 6.30. The monoisotopic (exact) mass is 254 g/mol. The Bertz CT molecular complexity index is 551. The predicted molar refractivity (Wildman–Crippen MR) is 78.4 cm³/mol. The molecule has 0 atom stereocenters. The minimum atomic E-state index is 0.00427. The van der Waals surface area contributed by atoms with Crippen molar-refractivity contribution < 1.29 is 0 Å². The highest BCUT2D eigenvalue weighted by Crippen LogP contribution is 2.16. The molecule has 0 aliphatic carbocycles. The van der Waals surface area contributed by atoms with Crippen LogP contribution in [0.25, 0.3) is 0 Å². The van der Waals surface area contributed by atoms with Crippen LogP contribution in [0.15, 0.2) is 48.7 Å². The van der Waals surface area contributed by atoms with Crippen molar-refractivity contribution in [2.45, 2.75) is 13.5 Å². The van der Waals surface area contributed by atoms with Crippen LogP contribution in [-0.4, -0.2) is 17.4 Å². The van der Waals surface area contributed by atoms with Crippen LogP contribution in [0.2, 0.25) is 0 Å². The van der Waals surface area contributed by atoms with E-state index in [1.165, 1.54) is 5.69 Å². The summed E-state index contributed by atoms with van der Waals surface area (Å²) >= 11 is 0. The lowest BCUT2D eigenvalue weighted by molar-refractivity contribution is 0.830. The van der Waals surface area contributed by atoms with E-state index in [1.54, 1.807) is 6.20 Å². The van der Waals surface area contributed by atoms with Crippen LogP contribution in [-0.2, 0) is 6.54 Å². The quantitative estimate of drug-likeness (QED) is 0.636. The molecule has 0 bridgehead atoms. The van der Waals surface area contributed by atoms with Crippen LogP contribution in [0, 0.1) is 5.41 Å². The van der Waals surface area contributed by atoms with Gasteiger partial charge in [0.25, 0.3) is 0 Å². The average Bonchev–Trinajstić information content (AvgIpc) is 2.46. The van der Waals surface area contributed by atoms with Crippen molar-refractivity contribution in [3.05, 3.63) is 59.9 Å². The van der Waals surface area contributed by atoms with Gasteiger partial charge in [-0.3, -0.25) is 10.4 Å². The van der Waals surface area contributed by atoms with Gasteiger partial charge < -0.3 is 10.6 Å². The van der Waals surface area contributed by atoms with Crippen molar-refractivity contribution in [2.75, 3.05) is 11.4 Å². The van der Waals surface area contributed by atoms with Crippen molar-refractivity contribution in [2.24, 2.45) is 5.73 Å². The molecule has 98 valence electrons. The van der Waals surface area contributed by atoms with Crippen LogP contribution in [0.1, 0.15) is 18.2 Å². The van der Waals surface area contributed by atoms with Gasteiger partial charge in [0.15, 0.2) is 0 Å². The molecule has 0 radical (unpaired) electrons. The lowest BCUT2D eigenvalue weighted by atomic mass is 10.2. The molecule has 4 heteroatoms. The highest BCUT2D eigenvalue weighted by Gasteiger charge is 2.06. The van der Waals surface area contributed by atoms with Crippen molar-refractivity contribution in [1.29, 1.82) is 5.41 Å². The van der Waals surface area contributed by atoms with Gasteiger partial charge in [0.05, 0.1) is 0 Å². The molecular weight excluding hydrogens is 236 g/mol. The Morgan fingerprint density at radius 2 is 2.00 bits per heavy atom. The number of hydrogen-bond acceptors (Lipinski definition) is 3. The maximum atomic E-state index is 7.43. The molecule has 0 amide bonds. The summed E-state index contributed by atoms with van der Waals surface area (Å²) in [6, 6.07) is 14.1. The molecule has 1 heterocycles. The molecule has 0 saturated carbocycles. The summed E-state index contributed by atoms with van der Waals surface area (Å²) in [7, 11) is 0. The van der Waals surface area contributed by atoms with Crippen molar-refractivity contribution >= 4 is 11.5 Å². The second-order valence-corrected chi connectivity index (χ2v) is 4.31. The average molecular weight is 254 g/mol. The first-order chi connectivity index (χ1) is 9.20. The van der Waals surface area contributed by atoms with Gasteiger partial charge >= 0.3 is 0 Å². The number of rotatable bonds is 5. The smallest absolute Gasteiger partial charge is 0.141 e. The third-order valence-corrected chi connectivity index (χ3v) is 2.98. The Kier molecular flexibility index (Phi) is 4.13. The molecule has 0 fully saturated rings. The van der Waals surface area contributed by atoms with Gasteiger partial charge in [0.2, 0.25) is 0 Å². The second-order valence-electron chi connectivity index (χ2n) is 4.31. The topological polar surface area (TPSA) is 66.0 Å². The number of aromatic nitrogens is 1. The summed E-state index contributed by atoms with van der Waals surface area (Å²) in [4.78, 5) is 6.34. The molecular formula is C15H18N4. The number of benzene rings is 1. The number of pyridine rings is 1. The van der Waals surface area contributed by atoms with Gasteiger partial charge in [0, 0.05) is 25.0 Å². The Morgan fingerprint density at radius 1 is 1.26 bits per heavy atom. The van der Waals surface area contributed by atoms with Crippen LogP contribution in [0.3, 0.4) is 0 Å². The molecule has 0 saturated heterocycles. The van der Waals surface area contributed by atoms with E-state index in [9.17, 15) is 0 Å². The summed E-state index contributed by atoms with van der Waals surface area (Å²) in [5.41, 5.74) is 8.28. The largest absolute Gasteiger partial charge is 0.382 e. The van der Waals surface area contributed by atoms with Crippen molar-refractivity contribution in [3.8, 4) is 0 Å². The zero-order valence-corrected chi connectivity index (χ0v) is 11.0. The number of anilines is 1. The van der Waals surface area contributed by atoms with Gasteiger partial charge in [-0.05, 0) is 36.8 Å². The van der Waals surface area contributed by atoms with E-state index in [0.717, 1.165) is 18.7 Å². The number of nitrogens with zero attached hydrogens (tertiary/aromatic N) is 2. The summed E-state index contributed by atoms with van der Waals surface area (Å²) in [6.07, 6.45) is 1.70. The number of amidine groups is 1. The first-order valence-electron chi connectivity index (χ1n) is 6.30. The van der Waals surface area contributed by atoms with Gasteiger partial charge in [-0.25, -0.2) is 0 Å². The molecule has 0 aliphatic heterocycles. The van der Waals surface area contributed by atoms with Crippen LogP contribution in [0.4, 0.5) is 5.69 Å². The minimum Gasteiger partial charge on any atom is -0.382 e. The molecule has 4 nitrogen and oxygen atoms in total. The van der Waals surface area contributed by atoms with Crippen LogP contribution < -0.4 is 10.6 Å². The lowest BCUT2D eigenvalue weighted by Gasteiger charge is -2.23. The Morgan fingerprint density at radius 3 is 2.63 bits per heavy atom. The molecule has 1 aromatic heterocycles. The van der Waals surface area contributed by atoms with E-state index in [4.69, 9.17) is 11.1 Å². The molecule has 0 aliphatic rings. The molecule has 2 aromatic rings. The first kappa shape index (κ1) is 13.1. The number of hydrogen-bond donors (Lipinski definition) is 2. The van der Waals surface area contributed by atoms with E-state index in [1.807, 2.05) is 30.3 Å². The van der Waals surface area contributed by atoms with Gasteiger partial charge in [-0.2, -0.15) is 0 Å². The Labute approximate surface area is 113 Å². The molecule has 0 spiro atoms. The van der Waals surface area contributed by atoms with E-state index >= 15 is 0 Å². The molecule has 3 N–H and O–H groups in total. The van der Waals surface area contributed by atoms with Gasteiger partial charge in [-0.15, -0.1) is 0 Å². The zero-order chi connectivity index (χ0) is 13.7. The fourth-order valence-electron chi connectivity index (χ4n) is 1.96. The van der Waals surface area contributed by atoms with Crippen LogP contribution in [0.5, 0.6) is 0 Å². The van der Waals surface area contributed by atoms with Gasteiger partial charge in [-0.1, -0.05) is 18.2 Å². The van der Waals surface area contributed by atoms with Crippen LogP contribution >= 0.6 is 0 Å². The summed E-state index contributed by atoms with van der Waals surface area (Å²) in [6.45, 7) is 3.82. The zero-order valence-electron chi connectivity index (χ0n) is 11.0. The van der Waals surface area contributed by atoms with E-state index < -0.39 is 0 Å². The van der Waals surface area contributed by atoms with E-state index in [-0.39, 0.29) is 5.84 Å². The third-order valence-electron chi connectivity index (χ3n) is 2.98. The Hall–Kier alpha value is -2.36. The van der Waals surface area contributed by atoms with E-state index in [2.05, 4.69) is 28.9 Å². The summed E-state index contributed by atoms with van der Waals surface area (Å²) < 4.78 is 0. The SMILES string of the molecule is CCN(Cc1ccnc(C(=N)N)c1)c1ccccc1. The molecule has 2 rings (SSSR count). The lowest BCUT2D eigenvalue weighted by Crippen LogP contribution is -2.22.